The second kappa shape index (κ2) is 10.1. The molecule has 178 valence electrons. The summed E-state index contributed by atoms with van der Waals surface area (Å²) in [5.74, 6) is 0.745. The quantitative estimate of drug-likeness (QED) is 0.374. The van der Waals surface area contributed by atoms with Gasteiger partial charge in [-0.2, -0.15) is 0 Å². The Morgan fingerprint density at radius 2 is 1.68 bits per heavy atom. The first-order valence-electron chi connectivity index (χ1n) is 11.7. The fourth-order valence-corrected chi connectivity index (χ4v) is 4.30. The number of hydrogen-bond donors (Lipinski definition) is 2. The SMILES string of the molecule is CCCn1c(=O)c2c(nc(Cc3ccccc3)n2C(C)NC)n(CCc2ccc(N)cc2)c1=O. The highest BCUT2D eigenvalue weighted by Gasteiger charge is 2.23. The molecule has 0 aliphatic rings. The highest BCUT2D eigenvalue weighted by molar-refractivity contribution is 5.71. The Morgan fingerprint density at radius 3 is 2.32 bits per heavy atom. The molecule has 8 nitrogen and oxygen atoms in total. The molecular formula is C26H32N6O2. The van der Waals surface area contributed by atoms with Crippen LogP contribution in [0.2, 0.25) is 0 Å². The van der Waals surface area contributed by atoms with Crippen molar-refractivity contribution < 1.29 is 0 Å². The maximum atomic E-state index is 13.6. The van der Waals surface area contributed by atoms with Gasteiger partial charge in [0, 0.05) is 25.2 Å². The average Bonchev–Trinajstić information content (AvgIpc) is 3.22. The van der Waals surface area contributed by atoms with Crippen molar-refractivity contribution in [2.24, 2.45) is 0 Å². The highest BCUT2D eigenvalue weighted by atomic mass is 16.2. The van der Waals surface area contributed by atoms with Crippen LogP contribution < -0.4 is 22.3 Å². The number of benzene rings is 2. The Hall–Kier alpha value is -3.65. The zero-order valence-electron chi connectivity index (χ0n) is 20.0. The van der Waals surface area contributed by atoms with E-state index < -0.39 is 0 Å². The number of nitrogens with zero attached hydrogens (tertiary/aromatic N) is 4. The zero-order chi connectivity index (χ0) is 24.2. The molecule has 0 amide bonds. The molecule has 1 unspecified atom stereocenters. The van der Waals surface area contributed by atoms with Crippen LogP contribution in [0.25, 0.3) is 11.2 Å². The lowest BCUT2D eigenvalue weighted by Crippen LogP contribution is -2.41. The van der Waals surface area contributed by atoms with Gasteiger partial charge in [-0.1, -0.05) is 49.4 Å². The topological polar surface area (TPSA) is 99.9 Å². The standard InChI is InChI=1S/C26H32N6O2/c1-4-15-31-25(33)23-24(30(26(31)34)16-14-19-10-12-21(27)13-11-19)29-22(32(23)18(2)28-3)17-20-8-6-5-7-9-20/h5-13,18,28H,4,14-17,27H2,1-3H3. The first kappa shape index (κ1) is 23.5. The van der Waals surface area contributed by atoms with Crippen molar-refractivity contribution in [2.45, 2.75) is 52.4 Å². The van der Waals surface area contributed by atoms with E-state index in [-0.39, 0.29) is 17.4 Å². The monoisotopic (exact) mass is 460 g/mol. The number of aryl methyl sites for hydroxylation is 2. The summed E-state index contributed by atoms with van der Waals surface area (Å²) < 4.78 is 4.93. The second-order valence-corrected chi connectivity index (χ2v) is 8.58. The molecule has 8 heteroatoms. The number of aromatic nitrogens is 4. The Labute approximate surface area is 198 Å². The summed E-state index contributed by atoms with van der Waals surface area (Å²) >= 11 is 0. The van der Waals surface area contributed by atoms with Crippen LogP contribution in [0, 0.1) is 0 Å². The molecule has 0 aliphatic heterocycles. The fraction of sp³-hybridized carbons (Fsp3) is 0.346. The highest BCUT2D eigenvalue weighted by Crippen LogP contribution is 2.20. The van der Waals surface area contributed by atoms with Crippen molar-refractivity contribution in [3.8, 4) is 0 Å². The van der Waals surface area contributed by atoms with Crippen LogP contribution in [0.3, 0.4) is 0 Å². The number of hydrogen-bond acceptors (Lipinski definition) is 5. The summed E-state index contributed by atoms with van der Waals surface area (Å²) in [5.41, 5.74) is 8.95. The zero-order valence-corrected chi connectivity index (χ0v) is 20.0. The lowest BCUT2D eigenvalue weighted by molar-refractivity contribution is 0.471. The second-order valence-electron chi connectivity index (χ2n) is 8.58. The minimum atomic E-state index is -0.317. The molecule has 0 radical (unpaired) electrons. The molecule has 0 saturated carbocycles. The number of fused-ring (bicyclic) bond motifs is 1. The van der Waals surface area contributed by atoms with E-state index in [4.69, 9.17) is 10.7 Å². The van der Waals surface area contributed by atoms with Crippen LogP contribution in [0.15, 0.2) is 64.2 Å². The van der Waals surface area contributed by atoms with Crippen molar-refractivity contribution in [1.29, 1.82) is 0 Å². The van der Waals surface area contributed by atoms with Crippen LogP contribution in [-0.4, -0.2) is 25.7 Å². The number of imidazole rings is 1. The van der Waals surface area contributed by atoms with E-state index in [1.165, 1.54) is 4.57 Å². The van der Waals surface area contributed by atoms with Crippen molar-refractivity contribution in [2.75, 3.05) is 12.8 Å². The maximum Gasteiger partial charge on any atom is 0.332 e. The van der Waals surface area contributed by atoms with E-state index in [2.05, 4.69) is 5.32 Å². The Morgan fingerprint density at radius 1 is 0.971 bits per heavy atom. The van der Waals surface area contributed by atoms with Gasteiger partial charge in [-0.15, -0.1) is 0 Å². The summed E-state index contributed by atoms with van der Waals surface area (Å²) in [4.78, 5) is 31.9. The van der Waals surface area contributed by atoms with E-state index >= 15 is 0 Å². The van der Waals surface area contributed by atoms with Gasteiger partial charge in [0.05, 0.1) is 6.17 Å². The first-order valence-corrected chi connectivity index (χ1v) is 11.7. The number of nitrogen functional groups attached to an aromatic ring is 1. The molecule has 4 rings (SSSR count). The molecule has 0 fully saturated rings. The van der Waals surface area contributed by atoms with Crippen molar-refractivity contribution in [3.63, 3.8) is 0 Å². The summed E-state index contributed by atoms with van der Waals surface area (Å²) in [7, 11) is 1.85. The third-order valence-corrected chi connectivity index (χ3v) is 6.19. The van der Waals surface area contributed by atoms with Gasteiger partial charge in [0.1, 0.15) is 5.82 Å². The third kappa shape index (κ3) is 4.54. The normalized spacial score (nSPS) is 12.3. The summed E-state index contributed by atoms with van der Waals surface area (Å²) in [6.45, 7) is 4.73. The van der Waals surface area contributed by atoms with Gasteiger partial charge < -0.3 is 15.6 Å². The molecule has 0 saturated heterocycles. The first-order chi connectivity index (χ1) is 16.4. The molecule has 2 aromatic heterocycles. The fourth-order valence-electron chi connectivity index (χ4n) is 4.30. The number of nitrogens with one attached hydrogen (secondary N) is 1. The Kier molecular flexibility index (Phi) is 6.98. The smallest absolute Gasteiger partial charge is 0.332 e. The van der Waals surface area contributed by atoms with Gasteiger partial charge in [0.2, 0.25) is 0 Å². The number of nitrogens with two attached hydrogens (primary N) is 1. The molecule has 0 aliphatic carbocycles. The molecule has 4 aromatic rings. The van der Waals surface area contributed by atoms with Gasteiger partial charge in [-0.05, 0) is 50.1 Å². The van der Waals surface area contributed by atoms with E-state index in [9.17, 15) is 9.59 Å². The molecule has 3 N–H and O–H groups in total. The molecule has 2 aromatic carbocycles. The van der Waals surface area contributed by atoms with Crippen LogP contribution in [0.4, 0.5) is 5.69 Å². The van der Waals surface area contributed by atoms with E-state index in [0.29, 0.717) is 49.2 Å². The summed E-state index contributed by atoms with van der Waals surface area (Å²) in [6, 6.07) is 17.7. The third-order valence-electron chi connectivity index (χ3n) is 6.19. The van der Waals surface area contributed by atoms with Crippen LogP contribution in [-0.2, 0) is 25.9 Å². The van der Waals surface area contributed by atoms with Crippen molar-refractivity contribution >= 4 is 16.9 Å². The molecule has 0 spiro atoms. The molecular weight excluding hydrogens is 428 g/mol. The van der Waals surface area contributed by atoms with Crippen LogP contribution in [0.1, 0.15) is 43.4 Å². The minimum absolute atomic E-state index is 0.172. The van der Waals surface area contributed by atoms with Crippen LogP contribution >= 0.6 is 0 Å². The van der Waals surface area contributed by atoms with E-state index in [1.807, 2.05) is 80.1 Å². The summed E-state index contributed by atoms with van der Waals surface area (Å²) in [6.07, 6.45) is 1.70. The van der Waals surface area contributed by atoms with Gasteiger partial charge >= 0.3 is 5.69 Å². The Balaban J connectivity index is 1.91. The largest absolute Gasteiger partial charge is 0.399 e. The lowest BCUT2D eigenvalue weighted by Gasteiger charge is -2.17. The minimum Gasteiger partial charge on any atom is -0.399 e. The average molecular weight is 461 g/mol. The molecule has 2 heterocycles. The molecule has 0 bridgehead atoms. The number of rotatable bonds is 9. The predicted octanol–water partition coefficient (Wildman–Crippen LogP) is 2.92. The van der Waals surface area contributed by atoms with Gasteiger partial charge in [0.15, 0.2) is 11.2 Å². The van der Waals surface area contributed by atoms with Gasteiger partial charge in [-0.3, -0.25) is 13.9 Å². The van der Waals surface area contributed by atoms with E-state index in [0.717, 1.165) is 17.0 Å². The van der Waals surface area contributed by atoms with E-state index in [1.54, 1.807) is 4.57 Å². The van der Waals surface area contributed by atoms with Crippen molar-refractivity contribution in [1.82, 2.24) is 24.0 Å². The summed E-state index contributed by atoms with van der Waals surface area (Å²) in [5, 5.41) is 3.24. The Bertz CT molecular complexity index is 1380. The van der Waals surface area contributed by atoms with Crippen molar-refractivity contribution in [3.05, 3.63) is 92.4 Å². The predicted molar refractivity (Wildman–Crippen MR) is 136 cm³/mol. The van der Waals surface area contributed by atoms with Gasteiger partial charge in [-0.25, -0.2) is 9.78 Å². The number of anilines is 1. The lowest BCUT2D eigenvalue weighted by atomic mass is 10.1. The van der Waals surface area contributed by atoms with Crippen LogP contribution in [0.5, 0.6) is 0 Å². The maximum absolute atomic E-state index is 13.6. The molecule has 1 atom stereocenters. The van der Waals surface area contributed by atoms with Gasteiger partial charge in [0.25, 0.3) is 5.56 Å². The molecule has 34 heavy (non-hydrogen) atoms.